The number of fused-ring (bicyclic) bond motifs is 2. The van der Waals surface area contributed by atoms with Crippen LogP contribution in [-0.4, -0.2) is 25.8 Å². The maximum absolute atomic E-state index is 5.90. The molecule has 1 aromatic carbocycles. The van der Waals surface area contributed by atoms with Gasteiger partial charge in [0.15, 0.2) is 9.92 Å². The summed E-state index contributed by atoms with van der Waals surface area (Å²) in [6.07, 6.45) is 4.95. The summed E-state index contributed by atoms with van der Waals surface area (Å²) in [6.45, 7) is 6.69. The quantitative estimate of drug-likeness (QED) is 0.480. The normalized spacial score (nSPS) is 12.5. The number of benzene rings is 1. The lowest BCUT2D eigenvalue weighted by molar-refractivity contribution is 0.506. The van der Waals surface area contributed by atoms with Crippen LogP contribution in [0.4, 0.5) is 0 Å². The van der Waals surface area contributed by atoms with Gasteiger partial charge in [-0.25, -0.2) is 14.5 Å². The Labute approximate surface area is 148 Å². The van der Waals surface area contributed by atoms with Gasteiger partial charge in [-0.2, -0.15) is 0 Å². The smallest absolute Gasteiger partial charge is 0.247 e. The number of aromatic nitrogens is 4. The van der Waals surface area contributed by atoms with Gasteiger partial charge in [0.05, 0.1) is 6.20 Å². The molecule has 0 spiro atoms. The van der Waals surface area contributed by atoms with Crippen molar-refractivity contribution in [2.45, 2.75) is 36.9 Å². The molecule has 5 nitrogen and oxygen atoms in total. The largest absolute Gasteiger partial charge is 0.435 e. The number of oxazole rings is 1. The first-order valence-corrected chi connectivity index (χ1v) is 9.86. The minimum absolute atomic E-state index is 0.127. The summed E-state index contributed by atoms with van der Waals surface area (Å²) in [6, 6.07) is 6.24. The van der Waals surface area contributed by atoms with E-state index in [2.05, 4.69) is 48.0 Å². The van der Waals surface area contributed by atoms with Gasteiger partial charge < -0.3 is 4.42 Å². The summed E-state index contributed by atoms with van der Waals surface area (Å²) >= 11 is 3.18. The second-order valence-electron chi connectivity index (χ2n) is 6.36. The molecule has 0 N–H and O–H groups in total. The van der Waals surface area contributed by atoms with Crippen molar-refractivity contribution < 1.29 is 4.42 Å². The minimum Gasteiger partial charge on any atom is -0.435 e. The Kier molecular flexibility index (Phi) is 3.65. The summed E-state index contributed by atoms with van der Waals surface area (Å²) in [5.41, 5.74) is 3.78. The second-order valence-corrected chi connectivity index (χ2v) is 8.37. The van der Waals surface area contributed by atoms with Crippen LogP contribution >= 0.6 is 23.1 Å². The van der Waals surface area contributed by atoms with Crippen LogP contribution in [0.5, 0.6) is 0 Å². The molecular formula is C17H18N4OS2. The van der Waals surface area contributed by atoms with Crippen molar-refractivity contribution in [1.82, 2.24) is 19.6 Å². The molecule has 0 amide bonds. The molecule has 7 heteroatoms. The lowest BCUT2D eigenvalue weighted by Gasteiger charge is -2.22. The maximum Gasteiger partial charge on any atom is 0.247 e. The third kappa shape index (κ3) is 2.52. The standard InChI is InChI=1S/C17H18N4OS2/c1-5-17(2,3)10-6-7-13-11(8-10)18-14(22-13)12-9-21-15(19-12)24-16(20-21)23-4/h6-9H,5H2,1-4H3. The van der Waals surface area contributed by atoms with Gasteiger partial charge in [-0.3, -0.25) is 0 Å². The highest BCUT2D eigenvalue weighted by Gasteiger charge is 2.20. The van der Waals surface area contributed by atoms with Crippen LogP contribution in [0.15, 0.2) is 33.2 Å². The molecule has 0 atom stereocenters. The Morgan fingerprint density at radius 3 is 2.83 bits per heavy atom. The number of imidazole rings is 1. The van der Waals surface area contributed by atoms with Crippen LogP contribution in [0, 0.1) is 0 Å². The van der Waals surface area contributed by atoms with Gasteiger partial charge in [-0.1, -0.05) is 49.9 Å². The van der Waals surface area contributed by atoms with Gasteiger partial charge in [0.2, 0.25) is 10.9 Å². The van der Waals surface area contributed by atoms with Crippen molar-refractivity contribution in [3.05, 3.63) is 30.0 Å². The van der Waals surface area contributed by atoms with Gasteiger partial charge in [0, 0.05) is 0 Å². The fourth-order valence-corrected chi connectivity index (χ4v) is 3.87. The number of nitrogens with zero attached hydrogens (tertiary/aromatic N) is 4. The molecule has 4 rings (SSSR count). The highest BCUT2D eigenvalue weighted by molar-refractivity contribution is 8.00. The van der Waals surface area contributed by atoms with E-state index < -0.39 is 0 Å². The highest BCUT2D eigenvalue weighted by atomic mass is 32.2. The van der Waals surface area contributed by atoms with E-state index in [9.17, 15) is 0 Å². The van der Waals surface area contributed by atoms with Crippen LogP contribution in [0.25, 0.3) is 27.6 Å². The first-order valence-electron chi connectivity index (χ1n) is 7.82. The molecule has 0 aliphatic carbocycles. The van der Waals surface area contributed by atoms with Crippen LogP contribution in [-0.2, 0) is 5.41 Å². The van der Waals surface area contributed by atoms with Crippen molar-refractivity contribution in [1.29, 1.82) is 0 Å². The van der Waals surface area contributed by atoms with E-state index in [0.717, 1.165) is 26.8 Å². The van der Waals surface area contributed by atoms with Crippen LogP contribution < -0.4 is 0 Å². The molecule has 3 aromatic heterocycles. The Balaban J connectivity index is 1.77. The molecule has 124 valence electrons. The first-order chi connectivity index (χ1) is 11.5. The van der Waals surface area contributed by atoms with E-state index in [1.54, 1.807) is 27.6 Å². The maximum atomic E-state index is 5.90. The average molecular weight is 358 g/mol. The zero-order valence-electron chi connectivity index (χ0n) is 14.0. The predicted octanol–water partition coefficient (Wildman–Crippen LogP) is 5.01. The first kappa shape index (κ1) is 15.7. The van der Waals surface area contributed by atoms with Gasteiger partial charge in [-0.15, -0.1) is 5.10 Å². The van der Waals surface area contributed by atoms with E-state index in [-0.39, 0.29) is 5.41 Å². The molecular weight excluding hydrogens is 340 g/mol. The predicted molar refractivity (Wildman–Crippen MR) is 99.0 cm³/mol. The number of hydrogen-bond donors (Lipinski definition) is 0. The molecule has 4 aromatic rings. The van der Waals surface area contributed by atoms with E-state index in [4.69, 9.17) is 4.42 Å². The minimum atomic E-state index is 0.127. The van der Waals surface area contributed by atoms with Crippen molar-refractivity contribution in [3.8, 4) is 11.6 Å². The molecule has 0 aliphatic heterocycles. The van der Waals surface area contributed by atoms with Gasteiger partial charge >= 0.3 is 0 Å². The molecule has 24 heavy (non-hydrogen) atoms. The number of thioether (sulfide) groups is 1. The summed E-state index contributed by atoms with van der Waals surface area (Å²) in [5.74, 6) is 0.542. The fraction of sp³-hybridized carbons (Fsp3) is 0.353. The Morgan fingerprint density at radius 1 is 1.29 bits per heavy atom. The fourth-order valence-electron chi connectivity index (χ4n) is 2.53. The lowest BCUT2D eigenvalue weighted by Crippen LogP contribution is -2.14. The Morgan fingerprint density at radius 2 is 2.12 bits per heavy atom. The van der Waals surface area contributed by atoms with E-state index in [1.165, 1.54) is 5.56 Å². The summed E-state index contributed by atoms with van der Waals surface area (Å²) < 4.78 is 8.67. The molecule has 0 saturated heterocycles. The number of hydrogen-bond acceptors (Lipinski definition) is 6. The summed E-state index contributed by atoms with van der Waals surface area (Å²) in [5, 5.41) is 4.45. The molecule has 0 radical (unpaired) electrons. The highest BCUT2D eigenvalue weighted by Crippen LogP contribution is 2.32. The molecule has 0 bridgehead atoms. The zero-order chi connectivity index (χ0) is 16.9. The molecule has 0 aliphatic rings. The summed E-state index contributed by atoms with van der Waals surface area (Å²) in [4.78, 5) is 10.1. The van der Waals surface area contributed by atoms with Crippen molar-refractivity contribution in [2.24, 2.45) is 0 Å². The topological polar surface area (TPSA) is 56.2 Å². The molecule has 3 heterocycles. The van der Waals surface area contributed by atoms with E-state index in [0.29, 0.717) is 11.6 Å². The van der Waals surface area contributed by atoms with Crippen LogP contribution in [0.3, 0.4) is 0 Å². The monoisotopic (exact) mass is 358 g/mol. The SMILES string of the molecule is CCC(C)(C)c1ccc2oc(-c3cn4nc(SC)sc4n3)nc2c1. The van der Waals surface area contributed by atoms with E-state index >= 15 is 0 Å². The third-order valence-corrected chi connectivity index (χ3v) is 6.37. The molecule has 0 saturated carbocycles. The van der Waals surface area contributed by atoms with Crippen LogP contribution in [0.1, 0.15) is 32.8 Å². The van der Waals surface area contributed by atoms with Gasteiger partial charge in [0.25, 0.3) is 0 Å². The van der Waals surface area contributed by atoms with Gasteiger partial charge in [0.1, 0.15) is 11.2 Å². The third-order valence-electron chi connectivity index (χ3n) is 4.47. The van der Waals surface area contributed by atoms with Crippen molar-refractivity contribution in [3.63, 3.8) is 0 Å². The molecule has 0 unspecified atom stereocenters. The van der Waals surface area contributed by atoms with Crippen molar-refractivity contribution >= 4 is 39.2 Å². The van der Waals surface area contributed by atoms with Gasteiger partial charge in [-0.05, 0) is 35.8 Å². The average Bonchev–Trinajstić information content (AvgIpc) is 3.25. The van der Waals surface area contributed by atoms with Crippen LogP contribution in [0.2, 0.25) is 0 Å². The summed E-state index contributed by atoms with van der Waals surface area (Å²) in [7, 11) is 0. The van der Waals surface area contributed by atoms with Crippen molar-refractivity contribution in [2.75, 3.05) is 6.26 Å². The molecule has 0 fully saturated rings. The zero-order valence-corrected chi connectivity index (χ0v) is 15.7. The lowest BCUT2D eigenvalue weighted by atomic mass is 9.82. The Bertz CT molecular complexity index is 996. The Hall–Kier alpha value is -1.86. The van der Waals surface area contributed by atoms with E-state index in [1.807, 2.05) is 18.5 Å². The second kappa shape index (κ2) is 5.60. The number of rotatable bonds is 4.